The lowest BCUT2D eigenvalue weighted by Crippen LogP contribution is -2.36. The number of likely N-dealkylation sites (N-methyl/N-ethyl adjacent to an activating group) is 1. The van der Waals surface area contributed by atoms with Crippen molar-refractivity contribution < 1.29 is 0 Å². The van der Waals surface area contributed by atoms with Gasteiger partial charge in [0.25, 0.3) is 0 Å². The second-order valence-corrected chi connectivity index (χ2v) is 7.14. The molecule has 0 bridgehead atoms. The van der Waals surface area contributed by atoms with Gasteiger partial charge in [-0.25, -0.2) is 9.97 Å². The maximum Gasteiger partial charge on any atom is 0.225 e. The van der Waals surface area contributed by atoms with Crippen molar-refractivity contribution in [1.29, 1.82) is 0 Å². The van der Waals surface area contributed by atoms with Crippen molar-refractivity contribution in [3.05, 3.63) is 52.3 Å². The van der Waals surface area contributed by atoms with E-state index in [2.05, 4.69) is 67.0 Å². The standard InChI is InChI=1S/C18H23BrN4/c1-14-7-10-20-18(21-14)22(2)17-9-12-23(13-17)11-8-15-3-5-16(19)6-4-15/h3-7,10,17H,8-9,11-13H2,1-2H3. The number of likely N-dealkylation sites (tertiary alicyclic amines) is 1. The van der Waals surface area contributed by atoms with E-state index in [0.717, 1.165) is 42.2 Å². The predicted octanol–water partition coefficient (Wildman–Crippen LogP) is 3.30. The molecule has 1 fully saturated rings. The molecule has 1 aromatic heterocycles. The Kier molecular flexibility index (Phi) is 5.28. The molecule has 4 nitrogen and oxygen atoms in total. The van der Waals surface area contributed by atoms with Gasteiger partial charge < -0.3 is 9.80 Å². The number of hydrogen-bond acceptors (Lipinski definition) is 4. The molecular weight excluding hydrogens is 352 g/mol. The van der Waals surface area contributed by atoms with Gasteiger partial charge in [0.2, 0.25) is 5.95 Å². The van der Waals surface area contributed by atoms with Crippen molar-refractivity contribution in [3.8, 4) is 0 Å². The van der Waals surface area contributed by atoms with Crippen LogP contribution in [0.4, 0.5) is 5.95 Å². The maximum absolute atomic E-state index is 4.54. The van der Waals surface area contributed by atoms with Crippen molar-refractivity contribution in [3.63, 3.8) is 0 Å². The molecular formula is C18H23BrN4. The molecule has 3 rings (SSSR count). The Morgan fingerprint density at radius 2 is 2.04 bits per heavy atom. The molecule has 2 heterocycles. The van der Waals surface area contributed by atoms with E-state index in [1.807, 2.05) is 19.2 Å². The number of rotatable bonds is 5. The van der Waals surface area contributed by atoms with Crippen LogP contribution in [0, 0.1) is 6.92 Å². The molecule has 1 unspecified atom stereocenters. The summed E-state index contributed by atoms with van der Waals surface area (Å²) >= 11 is 3.49. The van der Waals surface area contributed by atoms with Gasteiger partial charge in [-0.15, -0.1) is 0 Å². The molecule has 23 heavy (non-hydrogen) atoms. The normalized spacial score (nSPS) is 18.3. The smallest absolute Gasteiger partial charge is 0.225 e. The lowest BCUT2D eigenvalue weighted by Gasteiger charge is -2.25. The second-order valence-electron chi connectivity index (χ2n) is 6.23. The van der Waals surface area contributed by atoms with Gasteiger partial charge in [0.05, 0.1) is 0 Å². The summed E-state index contributed by atoms with van der Waals surface area (Å²) in [7, 11) is 2.11. The van der Waals surface area contributed by atoms with Crippen molar-refractivity contribution in [1.82, 2.24) is 14.9 Å². The number of aromatic nitrogens is 2. The fourth-order valence-corrected chi connectivity index (χ4v) is 3.30. The fraction of sp³-hybridized carbons (Fsp3) is 0.444. The van der Waals surface area contributed by atoms with Crippen molar-refractivity contribution >= 4 is 21.9 Å². The van der Waals surface area contributed by atoms with Gasteiger partial charge in [0, 0.05) is 49.1 Å². The Morgan fingerprint density at radius 1 is 1.26 bits per heavy atom. The topological polar surface area (TPSA) is 32.3 Å². The van der Waals surface area contributed by atoms with Crippen LogP contribution in [0.5, 0.6) is 0 Å². The molecule has 0 saturated carbocycles. The van der Waals surface area contributed by atoms with E-state index in [9.17, 15) is 0 Å². The molecule has 0 N–H and O–H groups in total. The number of anilines is 1. The van der Waals surface area contributed by atoms with E-state index in [1.165, 1.54) is 12.0 Å². The van der Waals surface area contributed by atoms with Crippen molar-refractivity contribution in [2.24, 2.45) is 0 Å². The lowest BCUT2D eigenvalue weighted by molar-refractivity contribution is 0.337. The molecule has 1 aromatic carbocycles. The Balaban J connectivity index is 1.53. The molecule has 1 aliphatic heterocycles. The number of halogens is 1. The number of nitrogens with zero attached hydrogens (tertiary/aromatic N) is 4. The summed E-state index contributed by atoms with van der Waals surface area (Å²) in [6, 6.07) is 11.1. The maximum atomic E-state index is 4.54. The Bertz CT molecular complexity index is 644. The average Bonchev–Trinajstić information content (AvgIpc) is 3.02. The summed E-state index contributed by atoms with van der Waals surface area (Å²) in [5.41, 5.74) is 2.42. The van der Waals surface area contributed by atoms with Crippen LogP contribution >= 0.6 is 15.9 Å². The summed E-state index contributed by atoms with van der Waals surface area (Å²) in [4.78, 5) is 13.7. The van der Waals surface area contributed by atoms with E-state index in [-0.39, 0.29) is 0 Å². The number of aryl methyl sites for hydroxylation is 1. The first-order chi connectivity index (χ1) is 11.1. The highest BCUT2D eigenvalue weighted by atomic mass is 79.9. The quantitative estimate of drug-likeness (QED) is 0.803. The molecule has 1 aliphatic rings. The first kappa shape index (κ1) is 16.4. The van der Waals surface area contributed by atoms with Gasteiger partial charge >= 0.3 is 0 Å². The second kappa shape index (κ2) is 7.41. The highest BCUT2D eigenvalue weighted by Crippen LogP contribution is 2.19. The van der Waals surface area contributed by atoms with E-state index in [0.29, 0.717) is 6.04 Å². The summed E-state index contributed by atoms with van der Waals surface area (Å²) in [5.74, 6) is 0.838. The third-order valence-corrected chi connectivity index (χ3v) is 5.05. The first-order valence-electron chi connectivity index (χ1n) is 8.11. The molecule has 2 aromatic rings. The molecule has 1 atom stereocenters. The third-order valence-electron chi connectivity index (χ3n) is 4.52. The molecule has 0 aliphatic carbocycles. The summed E-state index contributed by atoms with van der Waals surface area (Å²) in [6.45, 7) is 5.36. The molecule has 0 radical (unpaired) electrons. The molecule has 0 spiro atoms. The SMILES string of the molecule is Cc1ccnc(N(C)C2CCN(CCc3ccc(Br)cc3)C2)n1. The number of hydrogen-bond donors (Lipinski definition) is 0. The molecule has 1 saturated heterocycles. The third kappa shape index (κ3) is 4.30. The van der Waals surface area contributed by atoms with Gasteiger partial charge in [-0.2, -0.15) is 0 Å². The molecule has 122 valence electrons. The van der Waals surface area contributed by atoms with Crippen LogP contribution in [0.25, 0.3) is 0 Å². The summed E-state index contributed by atoms with van der Waals surface area (Å²) < 4.78 is 1.14. The summed E-state index contributed by atoms with van der Waals surface area (Å²) in [6.07, 6.45) is 4.12. The van der Waals surface area contributed by atoms with Crippen molar-refractivity contribution in [2.75, 3.05) is 31.6 Å². The van der Waals surface area contributed by atoms with Crippen molar-refractivity contribution in [2.45, 2.75) is 25.8 Å². The van der Waals surface area contributed by atoms with Crippen LogP contribution in [0.15, 0.2) is 41.0 Å². The van der Waals surface area contributed by atoms with Gasteiger partial charge in [-0.05, 0) is 43.5 Å². The van der Waals surface area contributed by atoms with Crippen LogP contribution in [0.1, 0.15) is 17.7 Å². The van der Waals surface area contributed by atoms with Gasteiger partial charge in [-0.3, -0.25) is 0 Å². The van der Waals surface area contributed by atoms with Gasteiger partial charge in [-0.1, -0.05) is 28.1 Å². The monoisotopic (exact) mass is 374 g/mol. The minimum Gasteiger partial charge on any atom is -0.340 e. The van der Waals surface area contributed by atoms with Crippen LogP contribution in [-0.4, -0.2) is 47.6 Å². The first-order valence-corrected chi connectivity index (χ1v) is 8.90. The minimum absolute atomic E-state index is 0.502. The number of benzene rings is 1. The fourth-order valence-electron chi connectivity index (χ4n) is 3.04. The highest BCUT2D eigenvalue weighted by molar-refractivity contribution is 9.10. The zero-order valence-electron chi connectivity index (χ0n) is 13.7. The van der Waals surface area contributed by atoms with Crippen LogP contribution < -0.4 is 4.90 Å². The Hall–Kier alpha value is -1.46. The zero-order valence-corrected chi connectivity index (χ0v) is 15.3. The molecule has 0 amide bonds. The van der Waals surface area contributed by atoms with Gasteiger partial charge in [0.1, 0.15) is 0 Å². The van der Waals surface area contributed by atoms with Gasteiger partial charge in [0.15, 0.2) is 0 Å². The van der Waals surface area contributed by atoms with E-state index in [4.69, 9.17) is 0 Å². The van der Waals surface area contributed by atoms with E-state index < -0.39 is 0 Å². The minimum atomic E-state index is 0.502. The Labute approximate surface area is 146 Å². The largest absolute Gasteiger partial charge is 0.340 e. The highest BCUT2D eigenvalue weighted by Gasteiger charge is 2.26. The van der Waals surface area contributed by atoms with Crippen LogP contribution in [0.2, 0.25) is 0 Å². The zero-order chi connectivity index (χ0) is 16.2. The van der Waals surface area contributed by atoms with Crippen LogP contribution in [0.3, 0.4) is 0 Å². The van der Waals surface area contributed by atoms with E-state index in [1.54, 1.807) is 0 Å². The molecule has 5 heteroatoms. The average molecular weight is 375 g/mol. The lowest BCUT2D eigenvalue weighted by atomic mass is 10.1. The summed E-state index contributed by atoms with van der Waals surface area (Å²) in [5, 5.41) is 0. The van der Waals surface area contributed by atoms with E-state index >= 15 is 0 Å². The predicted molar refractivity (Wildman–Crippen MR) is 97.9 cm³/mol. The Morgan fingerprint density at radius 3 is 2.78 bits per heavy atom. The van der Waals surface area contributed by atoms with Crippen LogP contribution in [-0.2, 0) is 6.42 Å².